The summed E-state index contributed by atoms with van der Waals surface area (Å²) in [5.41, 5.74) is 1.15. The van der Waals surface area contributed by atoms with E-state index in [1.54, 1.807) is 11.3 Å². The summed E-state index contributed by atoms with van der Waals surface area (Å²) < 4.78 is 2.34. The third kappa shape index (κ3) is 3.51. The number of rotatable bonds is 5. The first-order chi connectivity index (χ1) is 8.15. The van der Waals surface area contributed by atoms with Crippen molar-refractivity contribution in [2.24, 2.45) is 0 Å². The van der Waals surface area contributed by atoms with Gasteiger partial charge in [0.2, 0.25) is 5.16 Å². The molecule has 0 aliphatic heterocycles. The minimum absolute atomic E-state index is 0.220. The van der Waals surface area contributed by atoms with E-state index in [-0.39, 0.29) is 6.54 Å². The van der Waals surface area contributed by atoms with Crippen LogP contribution >= 0.6 is 39.0 Å². The first kappa shape index (κ1) is 12.5. The fraction of sp³-hybridized carbons (Fsp3) is 0.250. The number of aliphatic carboxylic acids is 1. The molecule has 0 spiro atoms. The zero-order chi connectivity index (χ0) is 12.3. The maximum absolute atomic E-state index is 10.6. The molecule has 0 aliphatic carbocycles. The van der Waals surface area contributed by atoms with E-state index in [1.165, 1.54) is 16.4 Å². The van der Waals surface area contributed by atoms with E-state index in [0.29, 0.717) is 10.9 Å². The van der Waals surface area contributed by atoms with Crippen LogP contribution in [0.4, 0.5) is 0 Å². The molecule has 17 heavy (non-hydrogen) atoms. The van der Waals surface area contributed by atoms with Crippen molar-refractivity contribution in [3.8, 4) is 0 Å². The minimum Gasteiger partial charge on any atom is -0.480 e. The van der Waals surface area contributed by atoms with Gasteiger partial charge in [-0.1, -0.05) is 11.8 Å². The topological polar surface area (TPSA) is 80.9 Å². The highest BCUT2D eigenvalue weighted by Gasteiger charge is 2.10. The van der Waals surface area contributed by atoms with Crippen molar-refractivity contribution in [2.75, 3.05) is 0 Å². The number of carboxylic acids is 1. The minimum atomic E-state index is -0.961. The standard InChI is InChI=1S/C8H7BrN4O2S2/c9-6-1-5(3-16-6)4-17-8-10-11-12-13(8)2-7(14)15/h1,3H,2,4H2,(H,14,15). The van der Waals surface area contributed by atoms with Crippen LogP contribution in [0.25, 0.3) is 0 Å². The molecule has 90 valence electrons. The number of carboxylic acid groups (broad SMARTS) is 1. The zero-order valence-electron chi connectivity index (χ0n) is 8.41. The summed E-state index contributed by atoms with van der Waals surface area (Å²) in [6.07, 6.45) is 0. The number of aromatic nitrogens is 4. The maximum Gasteiger partial charge on any atom is 0.325 e. The van der Waals surface area contributed by atoms with E-state index in [1.807, 2.05) is 11.4 Å². The van der Waals surface area contributed by atoms with Crippen LogP contribution in [0.2, 0.25) is 0 Å². The van der Waals surface area contributed by atoms with Gasteiger partial charge in [0.25, 0.3) is 0 Å². The summed E-state index contributed by atoms with van der Waals surface area (Å²) in [4.78, 5) is 10.6. The summed E-state index contributed by atoms with van der Waals surface area (Å²) in [5.74, 6) is -0.250. The summed E-state index contributed by atoms with van der Waals surface area (Å²) in [7, 11) is 0. The second-order valence-electron chi connectivity index (χ2n) is 3.06. The summed E-state index contributed by atoms with van der Waals surface area (Å²) in [6, 6.07) is 2.02. The van der Waals surface area contributed by atoms with Gasteiger partial charge in [-0.25, -0.2) is 4.68 Å². The lowest BCUT2D eigenvalue weighted by Crippen LogP contribution is -2.11. The third-order valence-electron chi connectivity index (χ3n) is 1.77. The van der Waals surface area contributed by atoms with Gasteiger partial charge in [0, 0.05) is 5.75 Å². The van der Waals surface area contributed by atoms with E-state index in [2.05, 4.69) is 31.5 Å². The average Bonchev–Trinajstić information content (AvgIpc) is 2.84. The van der Waals surface area contributed by atoms with Gasteiger partial charge in [-0.3, -0.25) is 4.79 Å². The molecule has 0 amide bonds. The number of hydrogen-bond donors (Lipinski definition) is 1. The zero-order valence-corrected chi connectivity index (χ0v) is 11.6. The second kappa shape index (κ2) is 5.61. The highest BCUT2D eigenvalue weighted by molar-refractivity contribution is 9.11. The van der Waals surface area contributed by atoms with E-state index < -0.39 is 5.97 Å². The van der Waals surface area contributed by atoms with Gasteiger partial charge in [0.15, 0.2) is 0 Å². The Morgan fingerprint density at radius 3 is 3.12 bits per heavy atom. The van der Waals surface area contributed by atoms with Crippen LogP contribution in [0.1, 0.15) is 5.56 Å². The molecule has 0 saturated heterocycles. The number of nitrogens with zero attached hydrogens (tertiary/aromatic N) is 4. The Balaban J connectivity index is 1.99. The average molecular weight is 335 g/mol. The molecular formula is C8H7BrN4O2S2. The van der Waals surface area contributed by atoms with Crippen molar-refractivity contribution in [2.45, 2.75) is 17.5 Å². The molecule has 0 atom stereocenters. The molecule has 0 bridgehead atoms. The van der Waals surface area contributed by atoms with Gasteiger partial charge in [0.05, 0.1) is 3.79 Å². The predicted octanol–water partition coefficient (Wildman–Crippen LogP) is 1.87. The quantitative estimate of drug-likeness (QED) is 0.840. The van der Waals surface area contributed by atoms with Crippen LogP contribution < -0.4 is 0 Å². The van der Waals surface area contributed by atoms with Crippen molar-refractivity contribution in [1.82, 2.24) is 20.2 Å². The van der Waals surface area contributed by atoms with E-state index in [4.69, 9.17) is 5.11 Å². The van der Waals surface area contributed by atoms with Crippen molar-refractivity contribution >= 4 is 45.0 Å². The summed E-state index contributed by atoms with van der Waals surface area (Å²) in [5, 5.41) is 22.1. The molecule has 0 unspecified atom stereocenters. The lowest BCUT2D eigenvalue weighted by atomic mass is 10.4. The molecule has 2 rings (SSSR count). The SMILES string of the molecule is O=C(O)Cn1nnnc1SCc1csc(Br)c1. The van der Waals surface area contributed by atoms with Crippen LogP contribution in [0, 0.1) is 0 Å². The monoisotopic (exact) mass is 334 g/mol. The van der Waals surface area contributed by atoms with Crippen LogP contribution in [0.3, 0.4) is 0 Å². The molecular weight excluding hydrogens is 328 g/mol. The molecule has 0 aromatic carbocycles. The molecule has 0 fully saturated rings. The Kier molecular flexibility index (Phi) is 4.13. The van der Waals surface area contributed by atoms with Crippen molar-refractivity contribution < 1.29 is 9.90 Å². The van der Waals surface area contributed by atoms with Crippen molar-refractivity contribution in [3.05, 3.63) is 20.8 Å². The van der Waals surface area contributed by atoms with Gasteiger partial charge >= 0.3 is 5.97 Å². The first-order valence-electron chi connectivity index (χ1n) is 4.49. The van der Waals surface area contributed by atoms with Crippen LogP contribution in [0.15, 0.2) is 20.4 Å². The van der Waals surface area contributed by atoms with Crippen LogP contribution in [-0.4, -0.2) is 31.3 Å². The molecule has 0 aliphatic rings. The van der Waals surface area contributed by atoms with Gasteiger partial charge in [-0.15, -0.1) is 16.4 Å². The number of carbonyl (C=O) groups is 1. The van der Waals surface area contributed by atoms with Crippen molar-refractivity contribution in [3.63, 3.8) is 0 Å². The third-order valence-corrected chi connectivity index (χ3v) is 4.36. The largest absolute Gasteiger partial charge is 0.480 e. The maximum atomic E-state index is 10.6. The normalized spacial score (nSPS) is 10.6. The smallest absolute Gasteiger partial charge is 0.325 e. The Morgan fingerprint density at radius 2 is 2.47 bits per heavy atom. The van der Waals surface area contributed by atoms with E-state index in [0.717, 1.165) is 9.35 Å². The molecule has 1 N–H and O–H groups in total. The lowest BCUT2D eigenvalue weighted by molar-refractivity contribution is -0.138. The molecule has 2 aromatic heterocycles. The van der Waals surface area contributed by atoms with Gasteiger partial charge in [0.1, 0.15) is 6.54 Å². The Hall–Kier alpha value is -0.930. The lowest BCUT2D eigenvalue weighted by Gasteiger charge is -1.99. The van der Waals surface area contributed by atoms with Crippen LogP contribution in [-0.2, 0) is 17.1 Å². The highest BCUT2D eigenvalue weighted by Crippen LogP contribution is 2.26. The second-order valence-corrected chi connectivity index (χ2v) is 6.29. The highest BCUT2D eigenvalue weighted by atomic mass is 79.9. The molecule has 2 aromatic rings. The molecule has 2 heterocycles. The number of halogens is 1. The summed E-state index contributed by atoms with van der Waals surface area (Å²) >= 11 is 6.40. The van der Waals surface area contributed by atoms with Gasteiger partial charge in [-0.2, -0.15) is 0 Å². The van der Waals surface area contributed by atoms with Crippen molar-refractivity contribution in [1.29, 1.82) is 0 Å². The van der Waals surface area contributed by atoms with E-state index >= 15 is 0 Å². The predicted molar refractivity (Wildman–Crippen MR) is 67.0 cm³/mol. The Bertz CT molecular complexity index is 527. The molecule has 9 heteroatoms. The fourth-order valence-electron chi connectivity index (χ4n) is 1.10. The molecule has 6 nitrogen and oxygen atoms in total. The molecule has 0 radical (unpaired) electrons. The fourth-order valence-corrected chi connectivity index (χ4v) is 3.22. The van der Waals surface area contributed by atoms with Crippen LogP contribution in [0.5, 0.6) is 0 Å². The van der Waals surface area contributed by atoms with Gasteiger partial charge < -0.3 is 5.11 Å². The van der Waals surface area contributed by atoms with E-state index in [9.17, 15) is 4.79 Å². The van der Waals surface area contributed by atoms with Gasteiger partial charge in [-0.05, 0) is 43.4 Å². The summed E-state index contributed by atoms with van der Waals surface area (Å²) in [6.45, 7) is -0.220. The Labute approximate surface area is 113 Å². The number of thiophene rings is 1. The number of tetrazole rings is 1. The number of hydrogen-bond acceptors (Lipinski definition) is 6. The Morgan fingerprint density at radius 1 is 1.65 bits per heavy atom. The first-order valence-corrected chi connectivity index (χ1v) is 7.14. The number of thioether (sulfide) groups is 1. The molecule has 0 saturated carbocycles.